The molecule has 1 N–H and O–H groups in total. The Morgan fingerprint density at radius 3 is 2.27 bits per heavy atom. The molecule has 1 fully saturated rings. The highest BCUT2D eigenvalue weighted by molar-refractivity contribution is 4.63. The first-order valence-corrected chi connectivity index (χ1v) is 6.73. The van der Waals surface area contributed by atoms with Crippen molar-refractivity contribution >= 4 is 0 Å². The number of hydrogen-bond donors (Lipinski definition) is 1. The maximum Gasteiger partial charge on any atom is 0.0538 e. The summed E-state index contributed by atoms with van der Waals surface area (Å²) in [6.07, 6.45) is 9.97. The van der Waals surface area contributed by atoms with Gasteiger partial charge in [-0.1, -0.05) is 26.2 Å². The Morgan fingerprint density at radius 1 is 1.07 bits per heavy atom. The van der Waals surface area contributed by atoms with Crippen molar-refractivity contribution in [3.05, 3.63) is 0 Å². The summed E-state index contributed by atoms with van der Waals surface area (Å²) in [5.41, 5.74) is 0. The van der Waals surface area contributed by atoms with E-state index in [0.29, 0.717) is 0 Å². The second-order valence-electron chi connectivity index (χ2n) is 4.81. The van der Waals surface area contributed by atoms with Gasteiger partial charge in [-0.25, -0.2) is 0 Å². The van der Waals surface area contributed by atoms with Crippen LogP contribution in [0.4, 0.5) is 0 Å². The molecule has 0 spiro atoms. The molecule has 90 valence electrons. The molecule has 0 aromatic carbocycles. The zero-order valence-electron chi connectivity index (χ0n) is 10.2. The van der Waals surface area contributed by atoms with Crippen molar-refractivity contribution in [3.63, 3.8) is 0 Å². The van der Waals surface area contributed by atoms with Crippen LogP contribution < -0.4 is 0 Å². The van der Waals surface area contributed by atoms with Gasteiger partial charge in [0.25, 0.3) is 0 Å². The third-order valence-electron chi connectivity index (χ3n) is 3.43. The smallest absolute Gasteiger partial charge is 0.0538 e. The quantitative estimate of drug-likeness (QED) is 0.759. The Morgan fingerprint density at radius 2 is 1.67 bits per heavy atom. The van der Waals surface area contributed by atoms with E-state index in [0.717, 1.165) is 19.3 Å². The molecule has 1 saturated heterocycles. The normalized spacial score (nSPS) is 22.0. The number of aliphatic hydroxyl groups is 1. The summed E-state index contributed by atoms with van der Waals surface area (Å²) in [5, 5.41) is 9.47. The van der Waals surface area contributed by atoms with Crippen LogP contribution in [-0.4, -0.2) is 35.7 Å². The highest BCUT2D eigenvalue weighted by Gasteiger charge is 2.08. The van der Waals surface area contributed by atoms with Crippen molar-refractivity contribution in [2.45, 2.75) is 64.4 Å². The van der Waals surface area contributed by atoms with Gasteiger partial charge in [0.15, 0.2) is 0 Å². The van der Waals surface area contributed by atoms with Crippen LogP contribution in [0.3, 0.4) is 0 Å². The van der Waals surface area contributed by atoms with Crippen LogP contribution in [0.5, 0.6) is 0 Å². The second-order valence-corrected chi connectivity index (χ2v) is 4.81. The van der Waals surface area contributed by atoms with Crippen molar-refractivity contribution in [1.29, 1.82) is 0 Å². The number of aliphatic hydroxyl groups excluding tert-OH is 1. The van der Waals surface area contributed by atoms with E-state index in [9.17, 15) is 5.11 Å². The van der Waals surface area contributed by atoms with Crippen LogP contribution in [0.1, 0.15) is 58.3 Å². The summed E-state index contributed by atoms with van der Waals surface area (Å²) in [4.78, 5) is 2.58. The predicted molar refractivity (Wildman–Crippen MR) is 65.1 cm³/mol. The maximum absolute atomic E-state index is 9.47. The van der Waals surface area contributed by atoms with Crippen molar-refractivity contribution in [2.24, 2.45) is 0 Å². The Balaban J connectivity index is 2.07. The fourth-order valence-electron chi connectivity index (χ4n) is 2.29. The number of nitrogens with zero attached hydrogens (tertiary/aromatic N) is 1. The van der Waals surface area contributed by atoms with E-state index in [-0.39, 0.29) is 6.10 Å². The van der Waals surface area contributed by atoms with Crippen LogP contribution in [-0.2, 0) is 0 Å². The standard InChI is InChI=1S/C13H27NO/c1-2-13(15)9-8-12-14-10-6-4-3-5-7-11-14/h13,15H,2-12H2,1H3. The lowest BCUT2D eigenvalue weighted by atomic mass is 10.1. The molecule has 1 rings (SSSR count). The molecule has 0 bridgehead atoms. The first-order chi connectivity index (χ1) is 7.33. The Hall–Kier alpha value is -0.0800. The minimum absolute atomic E-state index is 0.0697. The summed E-state index contributed by atoms with van der Waals surface area (Å²) < 4.78 is 0. The molecule has 1 atom stereocenters. The molecule has 0 aromatic heterocycles. The zero-order valence-corrected chi connectivity index (χ0v) is 10.2. The SMILES string of the molecule is CCC(O)CCCN1CCCCCCC1. The van der Waals surface area contributed by atoms with Crippen LogP contribution in [0.15, 0.2) is 0 Å². The third-order valence-corrected chi connectivity index (χ3v) is 3.43. The molecule has 1 heterocycles. The summed E-state index contributed by atoms with van der Waals surface area (Å²) in [5.74, 6) is 0. The highest BCUT2D eigenvalue weighted by Crippen LogP contribution is 2.11. The molecule has 0 amide bonds. The minimum atomic E-state index is -0.0697. The van der Waals surface area contributed by atoms with Gasteiger partial charge in [0.2, 0.25) is 0 Å². The van der Waals surface area contributed by atoms with Gasteiger partial charge in [0.05, 0.1) is 6.10 Å². The Bertz CT molecular complexity index is 141. The van der Waals surface area contributed by atoms with Crippen molar-refractivity contribution in [2.75, 3.05) is 19.6 Å². The molecule has 1 aliphatic rings. The van der Waals surface area contributed by atoms with Gasteiger partial charge >= 0.3 is 0 Å². The van der Waals surface area contributed by atoms with E-state index >= 15 is 0 Å². The van der Waals surface area contributed by atoms with E-state index in [2.05, 4.69) is 11.8 Å². The lowest BCUT2D eigenvalue weighted by Gasteiger charge is -2.24. The monoisotopic (exact) mass is 213 g/mol. The lowest BCUT2D eigenvalue weighted by Crippen LogP contribution is -2.28. The molecule has 2 nitrogen and oxygen atoms in total. The molecule has 0 aliphatic carbocycles. The predicted octanol–water partition coefficient (Wildman–Crippen LogP) is 2.80. The van der Waals surface area contributed by atoms with Crippen molar-refractivity contribution in [3.8, 4) is 0 Å². The van der Waals surface area contributed by atoms with E-state index < -0.39 is 0 Å². The van der Waals surface area contributed by atoms with E-state index in [1.165, 1.54) is 51.7 Å². The lowest BCUT2D eigenvalue weighted by molar-refractivity contribution is 0.147. The number of hydrogen-bond acceptors (Lipinski definition) is 2. The molecule has 1 unspecified atom stereocenters. The minimum Gasteiger partial charge on any atom is -0.393 e. The molecule has 0 radical (unpaired) electrons. The van der Waals surface area contributed by atoms with Gasteiger partial charge in [-0.15, -0.1) is 0 Å². The first kappa shape index (κ1) is 13.0. The van der Waals surface area contributed by atoms with Crippen LogP contribution in [0, 0.1) is 0 Å². The molecule has 1 aliphatic heterocycles. The topological polar surface area (TPSA) is 23.5 Å². The summed E-state index contributed by atoms with van der Waals surface area (Å²) in [7, 11) is 0. The average Bonchev–Trinajstić information content (AvgIpc) is 2.20. The largest absolute Gasteiger partial charge is 0.393 e. The van der Waals surface area contributed by atoms with E-state index in [1.54, 1.807) is 0 Å². The van der Waals surface area contributed by atoms with Gasteiger partial charge in [0, 0.05) is 0 Å². The fourth-order valence-corrected chi connectivity index (χ4v) is 2.29. The zero-order chi connectivity index (χ0) is 10.9. The molecular weight excluding hydrogens is 186 g/mol. The van der Waals surface area contributed by atoms with Crippen molar-refractivity contribution < 1.29 is 5.11 Å². The summed E-state index contributed by atoms with van der Waals surface area (Å²) >= 11 is 0. The van der Waals surface area contributed by atoms with Gasteiger partial charge in [-0.05, 0) is 51.7 Å². The summed E-state index contributed by atoms with van der Waals surface area (Å²) in [6.45, 7) is 5.81. The number of likely N-dealkylation sites (tertiary alicyclic amines) is 1. The fraction of sp³-hybridized carbons (Fsp3) is 1.00. The van der Waals surface area contributed by atoms with Crippen LogP contribution >= 0.6 is 0 Å². The molecular formula is C13H27NO. The number of rotatable bonds is 5. The van der Waals surface area contributed by atoms with Crippen molar-refractivity contribution in [1.82, 2.24) is 4.90 Å². The third kappa shape index (κ3) is 6.16. The highest BCUT2D eigenvalue weighted by atomic mass is 16.3. The van der Waals surface area contributed by atoms with Gasteiger partial charge in [-0.2, -0.15) is 0 Å². The molecule has 2 heteroatoms. The van der Waals surface area contributed by atoms with Gasteiger partial charge < -0.3 is 10.0 Å². The first-order valence-electron chi connectivity index (χ1n) is 6.73. The Kier molecular flexibility index (Phi) is 7.03. The molecule has 0 saturated carbocycles. The summed E-state index contributed by atoms with van der Waals surface area (Å²) in [6, 6.07) is 0. The van der Waals surface area contributed by atoms with Gasteiger partial charge in [0.1, 0.15) is 0 Å². The van der Waals surface area contributed by atoms with Gasteiger partial charge in [-0.3, -0.25) is 0 Å². The average molecular weight is 213 g/mol. The molecule has 15 heavy (non-hydrogen) atoms. The van der Waals surface area contributed by atoms with E-state index in [1.807, 2.05) is 0 Å². The maximum atomic E-state index is 9.47. The Labute approximate surface area is 94.7 Å². The second kappa shape index (κ2) is 8.12. The van der Waals surface area contributed by atoms with E-state index in [4.69, 9.17) is 0 Å². The molecule has 0 aromatic rings. The van der Waals surface area contributed by atoms with Crippen LogP contribution in [0.25, 0.3) is 0 Å². The van der Waals surface area contributed by atoms with Crippen LogP contribution in [0.2, 0.25) is 0 Å².